The van der Waals surface area contributed by atoms with Crippen LogP contribution in [-0.2, 0) is 16.0 Å². The molecule has 0 fully saturated rings. The number of hydrogen-bond donors (Lipinski definition) is 2. The number of hydrogen-bond acceptors (Lipinski definition) is 5. The van der Waals surface area contributed by atoms with Crippen LogP contribution in [0.15, 0.2) is 44.0 Å². The third-order valence-electron chi connectivity index (χ3n) is 6.01. The van der Waals surface area contributed by atoms with Crippen molar-refractivity contribution in [3.8, 4) is 0 Å². The number of fused-ring (bicyclic) bond motifs is 2. The molecule has 0 spiro atoms. The largest absolute Gasteiger partial charge is 0.461 e. The van der Waals surface area contributed by atoms with Gasteiger partial charge in [0, 0.05) is 46.6 Å². The fraction of sp³-hybridized carbons (Fsp3) is 0.269. The molecule has 0 aliphatic carbocycles. The van der Waals surface area contributed by atoms with E-state index in [9.17, 15) is 14.4 Å². The number of nitrogens with one attached hydrogen (secondary N) is 2. The van der Waals surface area contributed by atoms with Gasteiger partial charge in [-0.05, 0) is 69.5 Å². The van der Waals surface area contributed by atoms with Crippen LogP contribution >= 0.6 is 0 Å². The summed E-state index contributed by atoms with van der Waals surface area (Å²) in [7, 11) is 0. The van der Waals surface area contributed by atoms with Crippen molar-refractivity contribution in [1.82, 2.24) is 0 Å². The van der Waals surface area contributed by atoms with Crippen molar-refractivity contribution in [2.45, 2.75) is 47.5 Å². The lowest BCUT2D eigenvalue weighted by Crippen LogP contribution is -2.17. The number of carbonyl (C=O) groups excluding carboxylic acids is 2. The number of benzene rings is 2. The molecule has 4 rings (SSSR count). The Hall–Kier alpha value is -3.87. The lowest BCUT2D eigenvalue weighted by Gasteiger charge is -2.11. The van der Waals surface area contributed by atoms with Crippen molar-refractivity contribution in [3.63, 3.8) is 0 Å². The molecule has 4 aromatic rings. The molecule has 0 atom stereocenters. The number of aryl methyl sites for hydroxylation is 4. The summed E-state index contributed by atoms with van der Waals surface area (Å²) < 4.78 is 11.6. The number of carbonyl (C=O) groups is 2. The van der Waals surface area contributed by atoms with Crippen LogP contribution in [0.5, 0.6) is 0 Å². The fourth-order valence-corrected chi connectivity index (χ4v) is 4.12. The van der Waals surface area contributed by atoms with Gasteiger partial charge in [-0.3, -0.25) is 9.59 Å². The maximum absolute atomic E-state index is 12.8. The first-order chi connectivity index (χ1) is 15.7. The van der Waals surface area contributed by atoms with Crippen molar-refractivity contribution < 1.29 is 18.4 Å². The molecular formula is C26H26N2O5. The molecule has 2 aromatic carbocycles. The molecule has 7 nitrogen and oxygen atoms in total. The summed E-state index contributed by atoms with van der Waals surface area (Å²) in [6.45, 7) is 9.12. The van der Waals surface area contributed by atoms with Gasteiger partial charge in [-0.15, -0.1) is 0 Å². The monoisotopic (exact) mass is 446 g/mol. The molecule has 2 N–H and O–H groups in total. The molecule has 0 aliphatic rings. The van der Waals surface area contributed by atoms with Gasteiger partial charge in [-0.2, -0.15) is 0 Å². The predicted octanol–water partition coefficient (Wildman–Crippen LogP) is 5.30. The predicted molar refractivity (Wildman–Crippen MR) is 129 cm³/mol. The lowest BCUT2D eigenvalue weighted by atomic mass is 9.98. The summed E-state index contributed by atoms with van der Waals surface area (Å²) >= 11 is 0. The second-order valence-electron chi connectivity index (χ2n) is 8.34. The fourth-order valence-electron chi connectivity index (χ4n) is 4.12. The van der Waals surface area contributed by atoms with Crippen LogP contribution in [0.2, 0.25) is 0 Å². The molecule has 2 amide bonds. The highest BCUT2D eigenvalue weighted by atomic mass is 16.4. The van der Waals surface area contributed by atoms with Crippen molar-refractivity contribution in [2.75, 3.05) is 10.6 Å². The number of rotatable bonds is 5. The highest BCUT2D eigenvalue weighted by molar-refractivity contribution is 6.00. The minimum absolute atomic E-state index is 0.118. The first kappa shape index (κ1) is 22.3. The van der Waals surface area contributed by atoms with Crippen molar-refractivity contribution in [1.29, 1.82) is 0 Å². The Morgan fingerprint density at radius 3 is 2.18 bits per heavy atom. The number of furan rings is 1. The Balaban J connectivity index is 1.59. The lowest BCUT2D eigenvalue weighted by molar-refractivity contribution is -0.116. The van der Waals surface area contributed by atoms with E-state index in [1.54, 1.807) is 24.3 Å². The summed E-state index contributed by atoms with van der Waals surface area (Å²) in [6.07, 6.45) is 0.369. The topological polar surface area (TPSA) is 102 Å². The average Bonchev–Trinajstić information content (AvgIpc) is 3.03. The molecule has 7 heteroatoms. The first-order valence-corrected chi connectivity index (χ1v) is 10.8. The molecule has 0 radical (unpaired) electrons. The van der Waals surface area contributed by atoms with Crippen LogP contribution in [0.1, 0.15) is 41.4 Å². The molecule has 0 aliphatic heterocycles. The molecule has 2 heterocycles. The molecule has 0 bridgehead atoms. The zero-order valence-electron chi connectivity index (χ0n) is 19.3. The molecule has 0 unspecified atom stereocenters. The van der Waals surface area contributed by atoms with Crippen LogP contribution in [0.4, 0.5) is 11.4 Å². The zero-order chi connectivity index (χ0) is 23.9. The van der Waals surface area contributed by atoms with Crippen molar-refractivity contribution >= 4 is 45.1 Å². The van der Waals surface area contributed by atoms with E-state index < -0.39 is 5.63 Å². The molecule has 33 heavy (non-hydrogen) atoms. The standard InChI is InChI=1S/C26H26N2O5/c1-13-16(4)32-24-15(3)25-22(12-21(13)24)14(2)20(26(31)33-25)9-10-23(30)28-19-8-6-7-18(11-19)27-17(5)29/h6-8,11-12H,9-10H2,1-5H3,(H,27,29)(H,28,30). The molecule has 0 saturated heterocycles. The Labute approximate surface area is 190 Å². The maximum Gasteiger partial charge on any atom is 0.339 e. The van der Waals surface area contributed by atoms with E-state index in [0.29, 0.717) is 22.5 Å². The van der Waals surface area contributed by atoms with Gasteiger partial charge in [0.1, 0.15) is 16.9 Å². The van der Waals surface area contributed by atoms with Gasteiger partial charge in [-0.1, -0.05) is 6.07 Å². The summed E-state index contributed by atoms with van der Waals surface area (Å²) in [5.74, 6) is 0.412. The van der Waals surface area contributed by atoms with Crippen LogP contribution < -0.4 is 16.3 Å². The van der Waals surface area contributed by atoms with E-state index >= 15 is 0 Å². The van der Waals surface area contributed by atoms with Gasteiger partial charge in [0.25, 0.3) is 0 Å². The van der Waals surface area contributed by atoms with Gasteiger partial charge in [0.2, 0.25) is 11.8 Å². The van der Waals surface area contributed by atoms with E-state index in [-0.39, 0.29) is 24.7 Å². The summed E-state index contributed by atoms with van der Waals surface area (Å²) in [4.78, 5) is 36.5. The Bertz CT molecular complexity index is 1480. The maximum atomic E-state index is 12.8. The third kappa shape index (κ3) is 4.26. The zero-order valence-corrected chi connectivity index (χ0v) is 19.3. The molecule has 170 valence electrons. The normalized spacial score (nSPS) is 11.2. The second-order valence-corrected chi connectivity index (χ2v) is 8.34. The number of anilines is 2. The molecule has 0 saturated carbocycles. The number of amides is 2. The Morgan fingerprint density at radius 2 is 1.48 bits per heavy atom. The minimum Gasteiger partial charge on any atom is -0.461 e. The highest BCUT2D eigenvalue weighted by Crippen LogP contribution is 2.34. The minimum atomic E-state index is -0.442. The summed E-state index contributed by atoms with van der Waals surface area (Å²) in [5.41, 5.74) is 5.12. The van der Waals surface area contributed by atoms with Crippen LogP contribution in [0.3, 0.4) is 0 Å². The average molecular weight is 447 g/mol. The summed E-state index contributed by atoms with van der Waals surface area (Å²) in [5, 5.41) is 7.34. The van der Waals surface area contributed by atoms with Gasteiger partial charge >= 0.3 is 5.63 Å². The van der Waals surface area contributed by atoms with Gasteiger partial charge in [0.15, 0.2) is 0 Å². The third-order valence-corrected chi connectivity index (χ3v) is 6.01. The molecular weight excluding hydrogens is 420 g/mol. The van der Waals surface area contributed by atoms with Crippen molar-refractivity contribution in [2.24, 2.45) is 0 Å². The quantitative estimate of drug-likeness (QED) is 0.405. The van der Waals surface area contributed by atoms with Crippen LogP contribution in [0.25, 0.3) is 21.9 Å². The smallest absolute Gasteiger partial charge is 0.339 e. The van der Waals surface area contributed by atoms with Crippen molar-refractivity contribution in [3.05, 3.63) is 68.8 Å². The summed E-state index contributed by atoms with van der Waals surface area (Å²) in [6, 6.07) is 8.90. The SMILES string of the molecule is CC(=O)Nc1cccc(NC(=O)CCc2c(C)c3cc4c(C)c(C)oc4c(C)c3oc2=O)c1. The first-order valence-electron chi connectivity index (χ1n) is 10.8. The van der Waals surface area contributed by atoms with Crippen LogP contribution in [0, 0.1) is 27.7 Å². The van der Waals surface area contributed by atoms with Gasteiger partial charge in [-0.25, -0.2) is 4.79 Å². The highest BCUT2D eigenvalue weighted by Gasteiger charge is 2.19. The van der Waals surface area contributed by atoms with Gasteiger partial charge in [0.05, 0.1) is 0 Å². The van der Waals surface area contributed by atoms with E-state index in [2.05, 4.69) is 10.6 Å². The van der Waals surface area contributed by atoms with Gasteiger partial charge < -0.3 is 19.5 Å². The van der Waals surface area contributed by atoms with E-state index in [4.69, 9.17) is 8.83 Å². The van der Waals surface area contributed by atoms with E-state index in [0.717, 1.165) is 38.8 Å². The Kier molecular flexibility index (Phi) is 5.80. The van der Waals surface area contributed by atoms with E-state index in [1.165, 1.54) is 6.92 Å². The van der Waals surface area contributed by atoms with Crippen LogP contribution in [-0.4, -0.2) is 11.8 Å². The Morgan fingerprint density at radius 1 is 0.848 bits per heavy atom. The second kappa shape index (κ2) is 8.58. The van der Waals surface area contributed by atoms with E-state index in [1.807, 2.05) is 33.8 Å². The molecule has 2 aromatic heterocycles.